The van der Waals surface area contributed by atoms with Crippen LogP contribution in [0.3, 0.4) is 0 Å². The highest BCUT2D eigenvalue weighted by molar-refractivity contribution is 6.17. The van der Waals surface area contributed by atoms with Crippen molar-refractivity contribution in [3.8, 4) is 0 Å². The first-order valence-corrected chi connectivity index (χ1v) is 6.49. The molecule has 0 heterocycles. The molecule has 0 amide bonds. The van der Waals surface area contributed by atoms with Gasteiger partial charge in [0.05, 0.1) is 0 Å². The molecular weight excluding hydrogens is 212 g/mol. The van der Waals surface area contributed by atoms with Crippen LogP contribution in [0.1, 0.15) is 58.8 Å². The summed E-state index contributed by atoms with van der Waals surface area (Å²) in [6.45, 7) is 4.07. The first kappa shape index (κ1) is 14.8. The number of ether oxygens (including phenoxy) is 1. The van der Waals surface area contributed by atoms with Crippen molar-refractivity contribution >= 4 is 17.6 Å². The molecule has 0 fully saturated rings. The maximum Gasteiger partial charge on any atom is 0.306 e. The highest BCUT2D eigenvalue weighted by Crippen LogP contribution is 2.07. The number of rotatable bonds is 9. The van der Waals surface area contributed by atoms with E-state index in [4.69, 9.17) is 16.3 Å². The van der Waals surface area contributed by atoms with Gasteiger partial charge in [-0.2, -0.15) is 0 Å². The van der Waals surface area contributed by atoms with Gasteiger partial charge in [-0.05, 0) is 19.8 Å². The third-order valence-electron chi connectivity index (χ3n) is 2.33. The molecule has 3 heteroatoms. The SMILES string of the molecule is CCCCCCCC(=O)OC(C)CCCl. The second-order valence-corrected chi connectivity index (χ2v) is 4.32. The maximum atomic E-state index is 11.3. The molecule has 0 radical (unpaired) electrons. The predicted octanol–water partition coefficient (Wildman–Crippen LogP) is 3.91. The van der Waals surface area contributed by atoms with Gasteiger partial charge < -0.3 is 4.74 Å². The van der Waals surface area contributed by atoms with E-state index in [0.29, 0.717) is 12.3 Å². The van der Waals surface area contributed by atoms with Gasteiger partial charge in [0.1, 0.15) is 6.10 Å². The third kappa shape index (κ3) is 10.1. The molecule has 0 saturated carbocycles. The Kier molecular flexibility index (Phi) is 10.1. The van der Waals surface area contributed by atoms with E-state index in [0.717, 1.165) is 19.3 Å². The van der Waals surface area contributed by atoms with Gasteiger partial charge in [-0.3, -0.25) is 4.79 Å². The van der Waals surface area contributed by atoms with Crippen LogP contribution in [-0.2, 0) is 9.53 Å². The van der Waals surface area contributed by atoms with E-state index in [1.54, 1.807) is 0 Å². The molecule has 0 aromatic rings. The summed E-state index contributed by atoms with van der Waals surface area (Å²) in [4.78, 5) is 11.3. The van der Waals surface area contributed by atoms with Crippen LogP contribution in [0, 0.1) is 0 Å². The Bertz CT molecular complexity index is 160. The lowest BCUT2D eigenvalue weighted by Crippen LogP contribution is -2.15. The largest absolute Gasteiger partial charge is 0.463 e. The lowest BCUT2D eigenvalue weighted by atomic mass is 10.1. The van der Waals surface area contributed by atoms with Crippen molar-refractivity contribution in [2.75, 3.05) is 5.88 Å². The number of carbonyl (C=O) groups excluding carboxylic acids is 1. The van der Waals surface area contributed by atoms with Gasteiger partial charge in [0, 0.05) is 12.3 Å². The average Bonchev–Trinajstić information content (AvgIpc) is 2.17. The van der Waals surface area contributed by atoms with Gasteiger partial charge in [-0.25, -0.2) is 0 Å². The van der Waals surface area contributed by atoms with Crippen LogP contribution in [0.15, 0.2) is 0 Å². The summed E-state index contributed by atoms with van der Waals surface area (Å²) in [5, 5.41) is 0. The first-order chi connectivity index (χ1) is 7.20. The number of halogens is 1. The van der Waals surface area contributed by atoms with Gasteiger partial charge in [-0.15, -0.1) is 11.6 Å². The van der Waals surface area contributed by atoms with Gasteiger partial charge in [0.25, 0.3) is 0 Å². The molecule has 2 nitrogen and oxygen atoms in total. The molecule has 15 heavy (non-hydrogen) atoms. The summed E-state index contributed by atoms with van der Waals surface area (Å²) in [5.74, 6) is 0.467. The van der Waals surface area contributed by atoms with Crippen LogP contribution in [0.25, 0.3) is 0 Å². The molecule has 0 spiro atoms. The maximum absolute atomic E-state index is 11.3. The zero-order chi connectivity index (χ0) is 11.5. The Morgan fingerprint density at radius 3 is 2.53 bits per heavy atom. The predicted molar refractivity (Wildman–Crippen MR) is 64.3 cm³/mol. The van der Waals surface area contributed by atoms with Crippen molar-refractivity contribution in [2.45, 2.75) is 64.9 Å². The van der Waals surface area contributed by atoms with Gasteiger partial charge in [0.15, 0.2) is 0 Å². The zero-order valence-corrected chi connectivity index (χ0v) is 10.7. The Labute approximate surface area is 98.3 Å². The minimum absolute atomic E-state index is 0.0364. The van der Waals surface area contributed by atoms with E-state index in [1.807, 2.05) is 6.92 Å². The van der Waals surface area contributed by atoms with E-state index < -0.39 is 0 Å². The smallest absolute Gasteiger partial charge is 0.306 e. The van der Waals surface area contributed by atoms with Crippen LogP contribution < -0.4 is 0 Å². The second-order valence-electron chi connectivity index (χ2n) is 3.94. The molecule has 0 aliphatic rings. The molecule has 0 rings (SSSR count). The zero-order valence-electron chi connectivity index (χ0n) is 9.93. The lowest BCUT2D eigenvalue weighted by molar-refractivity contribution is -0.148. The van der Waals surface area contributed by atoms with Crippen molar-refractivity contribution in [1.29, 1.82) is 0 Å². The standard InChI is InChI=1S/C12H23ClO2/c1-3-4-5-6-7-8-12(14)15-11(2)9-10-13/h11H,3-10H2,1-2H3. The van der Waals surface area contributed by atoms with Crippen molar-refractivity contribution in [3.05, 3.63) is 0 Å². The monoisotopic (exact) mass is 234 g/mol. The van der Waals surface area contributed by atoms with Crippen LogP contribution in [0.4, 0.5) is 0 Å². The molecule has 90 valence electrons. The molecule has 0 saturated heterocycles. The number of hydrogen-bond donors (Lipinski definition) is 0. The second kappa shape index (κ2) is 10.3. The lowest BCUT2D eigenvalue weighted by Gasteiger charge is -2.11. The van der Waals surface area contributed by atoms with Crippen LogP contribution >= 0.6 is 11.6 Å². The number of unbranched alkanes of at least 4 members (excludes halogenated alkanes) is 4. The number of alkyl halides is 1. The van der Waals surface area contributed by atoms with Gasteiger partial charge in [-0.1, -0.05) is 32.6 Å². The fourth-order valence-corrected chi connectivity index (χ4v) is 1.68. The normalized spacial score (nSPS) is 12.5. The van der Waals surface area contributed by atoms with Gasteiger partial charge in [0.2, 0.25) is 0 Å². The molecule has 0 aliphatic carbocycles. The van der Waals surface area contributed by atoms with Crippen LogP contribution in [-0.4, -0.2) is 18.0 Å². The minimum atomic E-state index is -0.0795. The summed E-state index contributed by atoms with van der Waals surface area (Å²) in [6.07, 6.45) is 7.06. The molecule has 0 N–H and O–H groups in total. The molecule has 0 bridgehead atoms. The highest BCUT2D eigenvalue weighted by Gasteiger charge is 2.08. The average molecular weight is 235 g/mol. The Balaban J connectivity index is 3.32. The summed E-state index contributed by atoms with van der Waals surface area (Å²) >= 11 is 5.55. The molecule has 0 aliphatic heterocycles. The van der Waals surface area contributed by atoms with E-state index in [-0.39, 0.29) is 12.1 Å². The quantitative estimate of drug-likeness (QED) is 0.344. The van der Waals surface area contributed by atoms with Crippen molar-refractivity contribution < 1.29 is 9.53 Å². The highest BCUT2D eigenvalue weighted by atomic mass is 35.5. The van der Waals surface area contributed by atoms with Crippen LogP contribution in [0.5, 0.6) is 0 Å². The fourth-order valence-electron chi connectivity index (χ4n) is 1.37. The minimum Gasteiger partial charge on any atom is -0.463 e. The third-order valence-corrected chi connectivity index (χ3v) is 2.55. The van der Waals surface area contributed by atoms with E-state index in [2.05, 4.69) is 6.92 Å². The fraction of sp³-hybridized carbons (Fsp3) is 0.917. The van der Waals surface area contributed by atoms with E-state index in [9.17, 15) is 4.79 Å². The molecular formula is C12H23ClO2. The number of esters is 1. The summed E-state index contributed by atoms with van der Waals surface area (Å²) < 4.78 is 5.17. The number of hydrogen-bond acceptors (Lipinski definition) is 2. The topological polar surface area (TPSA) is 26.3 Å². The number of carbonyl (C=O) groups is 1. The van der Waals surface area contributed by atoms with Crippen molar-refractivity contribution in [2.24, 2.45) is 0 Å². The Morgan fingerprint density at radius 2 is 1.93 bits per heavy atom. The van der Waals surface area contributed by atoms with Crippen LogP contribution in [0.2, 0.25) is 0 Å². The van der Waals surface area contributed by atoms with Crippen molar-refractivity contribution in [1.82, 2.24) is 0 Å². The summed E-state index contributed by atoms with van der Waals surface area (Å²) in [7, 11) is 0. The molecule has 1 atom stereocenters. The summed E-state index contributed by atoms with van der Waals surface area (Å²) in [6, 6.07) is 0. The molecule has 0 aromatic carbocycles. The van der Waals surface area contributed by atoms with Gasteiger partial charge >= 0.3 is 5.97 Å². The Morgan fingerprint density at radius 1 is 1.27 bits per heavy atom. The van der Waals surface area contributed by atoms with E-state index >= 15 is 0 Å². The first-order valence-electron chi connectivity index (χ1n) is 5.96. The molecule has 0 aromatic heterocycles. The molecule has 1 unspecified atom stereocenters. The Hall–Kier alpha value is -0.240. The summed E-state index contributed by atoms with van der Waals surface area (Å²) in [5.41, 5.74) is 0. The van der Waals surface area contributed by atoms with Crippen molar-refractivity contribution in [3.63, 3.8) is 0 Å². The van der Waals surface area contributed by atoms with E-state index in [1.165, 1.54) is 19.3 Å².